The van der Waals surface area contributed by atoms with Crippen LogP contribution in [0.25, 0.3) is 0 Å². The highest BCUT2D eigenvalue weighted by molar-refractivity contribution is 7.93. The first-order valence-corrected chi connectivity index (χ1v) is 7.71. The van der Waals surface area contributed by atoms with Gasteiger partial charge in [0.05, 0.1) is 0 Å². The molecule has 0 unspecified atom stereocenters. The summed E-state index contributed by atoms with van der Waals surface area (Å²) in [6.45, 7) is 10.3. The van der Waals surface area contributed by atoms with Crippen LogP contribution in [0.1, 0.15) is 12.0 Å². The molecule has 108 valence electrons. The number of nitrogens with zero attached hydrogens (tertiary/aromatic N) is 1. The Balaban J connectivity index is 2.66. The summed E-state index contributed by atoms with van der Waals surface area (Å²) < 4.78 is 8.84. The summed E-state index contributed by atoms with van der Waals surface area (Å²) in [5, 5.41) is 0. The molecule has 0 aliphatic rings. The Labute approximate surface area is 126 Å². The van der Waals surface area contributed by atoms with E-state index in [1.807, 2.05) is 18.2 Å². The molecule has 0 aromatic heterocycles. The molecule has 0 aliphatic heterocycles. The van der Waals surface area contributed by atoms with E-state index in [4.69, 9.17) is 4.55 Å². The molecule has 1 aromatic rings. The Hall–Kier alpha value is -1.29. The van der Waals surface area contributed by atoms with Crippen molar-refractivity contribution in [1.82, 2.24) is 4.90 Å². The number of rotatable bonds is 10. The van der Waals surface area contributed by atoms with Gasteiger partial charge in [-0.25, -0.2) is 0 Å². The molecule has 0 spiro atoms. The lowest BCUT2D eigenvalue weighted by atomic mass is 10.1. The molecule has 0 atom stereocenters. The van der Waals surface area contributed by atoms with Gasteiger partial charge in [-0.05, 0) is 36.1 Å². The third kappa shape index (κ3) is 6.75. The highest BCUT2D eigenvalue weighted by Crippen LogP contribution is 2.10. The average molecular weight is 289 g/mol. The first-order chi connectivity index (χ1) is 9.80. The molecule has 0 radical (unpaired) electrons. The molecule has 0 aliphatic carbocycles. The Kier molecular flexibility index (Phi) is 8.79. The lowest BCUT2D eigenvalue weighted by Gasteiger charge is -2.22. The fraction of sp³-hybridized carbons (Fsp3) is 0.294. The summed E-state index contributed by atoms with van der Waals surface area (Å²) in [5.41, 5.74) is 2.46. The van der Waals surface area contributed by atoms with Crippen LogP contribution in [-0.2, 0) is 6.54 Å². The van der Waals surface area contributed by atoms with E-state index in [0.29, 0.717) is 0 Å². The Morgan fingerprint density at radius 1 is 1.25 bits per heavy atom. The van der Waals surface area contributed by atoms with Crippen LogP contribution in [0.3, 0.4) is 0 Å². The minimum atomic E-state index is 0.764. The van der Waals surface area contributed by atoms with Gasteiger partial charge in [0.15, 0.2) is 0 Å². The van der Waals surface area contributed by atoms with Crippen LogP contribution in [0.15, 0.2) is 67.3 Å². The molecule has 20 heavy (non-hydrogen) atoms. The molecular weight excluding hydrogens is 266 g/mol. The second-order valence-corrected chi connectivity index (χ2v) is 5.23. The summed E-state index contributed by atoms with van der Waals surface area (Å²) >= 11 is 0.907. The molecule has 1 aromatic carbocycles. The second kappa shape index (κ2) is 10.5. The normalized spacial score (nSPS) is 11.6. The largest absolute Gasteiger partial charge is 0.330 e. The Morgan fingerprint density at radius 2 is 2.00 bits per heavy atom. The predicted octanol–water partition coefficient (Wildman–Crippen LogP) is 4.38. The number of benzene rings is 1. The van der Waals surface area contributed by atoms with E-state index >= 15 is 0 Å². The number of hydrogen-bond donors (Lipinski definition) is 1. The van der Waals surface area contributed by atoms with Gasteiger partial charge < -0.3 is 4.55 Å². The van der Waals surface area contributed by atoms with Gasteiger partial charge in [-0.3, -0.25) is 4.90 Å². The van der Waals surface area contributed by atoms with E-state index in [0.717, 1.165) is 49.4 Å². The minimum absolute atomic E-state index is 0.764. The van der Waals surface area contributed by atoms with Gasteiger partial charge in [0.2, 0.25) is 0 Å². The second-order valence-electron chi connectivity index (χ2n) is 4.56. The summed E-state index contributed by atoms with van der Waals surface area (Å²) in [5.74, 6) is 0.764. The van der Waals surface area contributed by atoms with Crippen molar-refractivity contribution in [2.75, 3.05) is 18.8 Å². The lowest BCUT2D eigenvalue weighted by Crippen LogP contribution is -2.26. The van der Waals surface area contributed by atoms with Crippen LogP contribution >= 0.6 is 12.0 Å². The fourth-order valence-corrected chi connectivity index (χ4v) is 2.26. The molecule has 0 bridgehead atoms. The predicted molar refractivity (Wildman–Crippen MR) is 89.9 cm³/mol. The van der Waals surface area contributed by atoms with Crippen molar-refractivity contribution in [3.8, 4) is 0 Å². The van der Waals surface area contributed by atoms with E-state index in [1.54, 1.807) is 6.08 Å². The third-order valence-corrected chi connectivity index (χ3v) is 3.43. The lowest BCUT2D eigenvalue weighted by molar-refractivity contribution is 0.291. The van der Waals surface area contributed by atoms with Gasteiger partial charge in [-0.15, -0.1) is 0 Å². The molecule has 0 saturated carbocycles. The maximum Gasteiger partial charge on any atom is 0.0237 e. The van der Waals surface area contributed by atoms with Crippen LogP contribution in [0, 0.1) is 0 Å². The zero-order valence-corrected chi connectivity index (χ0v) is 12.7. The first kappa shape index (κ1) is 16.8. The number of allylic oxidation sites excluding steroid dienone is 2. The van der Waals surface area contributed by atoms with Gasteiger partial charge >= 0.3 is 0 Å². The van der Waals surface area contributed by atoms with Crippen LogP contribution in [0.2, 0.25) is 0 Å². The summed E-state index contributed by atoms with van der Waals surface area (Å²) in [6.07, 6.45) is 6.63. The quantitative estimate of drug-likeness (QED) is 0.393. The van der Waals surface area contributed by atoms with Crippen molar-refractivity contribution in [1.29, 1.82) is 0 Å². The highest BCUT2D eigenvalue weighted by Gasteiger charge is 2.07. The van der Waals surface area contributed by atoms with Crippen LogP contribution in [0.4, 0.5) is 0 Å². The van der Waals surface area contributed by atoms with Crippen molar-refractivity contribution in [3.63, 3.8) is 0 Å². The molecule has 0 fully saturated rings. The maximum absolute atomic E-state index is 8.84. The van der Waals surface area contributed by atoms with Gasteiger partial charge in [0, 0.05) is 18.8 Å². The third-order valence-electron chi connectivity index (χ3n) is 2.96. The zero-order chi connectivity index (χ0) is 14.6. The van der Waals surface area contributed by atoms with Gasteiger partial charge in [-0.1, -0.05) is 61.7 Å². The molecular formula is C17H23NOS. The molecule has 3 heteroatoms. The van der Waals surface area contributed by atoms with E-state index in [2.05, 4.69) is 42.3 Å². The molecule has 0 saturated heterocycles. The Bertz CT molecular complexity index is 428. The summed E-state index contributed by atoms with van der Waals surface area (Å²) in [7, 11) is 0. The fourth-order valence-electron chi connectivity index (χ4n) is 2.00. The minimum Gasteiger partial charge on any atom is -0.330 e. The van der Waals surface area contributed by atoms with Gasteiger partial charge in [0.1, 0.15) is 0 Å². The monoisotopic (exact) mass is 289 g/mol. The molecule has 0 heterocycles. The standard InChI is InChI=1S/C17H23NOS/c1-3-9-16(4-2)14-18(12-8-13-20-19)15-17-10-6-5-7-11-17/h3-7,9-11,19H,1-2,8,12-15H2/b16-9+. The Morgan fingerprint density at radius 3 is 2.60 bits per heavy atom. The van der Waals surface area contributed by atoms with Crippen molar-refractivity contribution >= 4 is 12.0 Å². The van der Waals surface area contributed by atoms with Crippen LogP contribution in [0.5, 0.6) is 0 Å². The summed E-state index contributed by atoms with van der Waals surface area (Å²) in [4.78, 5) is 2.36. The molecule has 1 N–H and O–H groups in total. The summed E-state index contributed by atoms with van der Waals surface area (Å²) in [6, 6.07) is 10.4. The van der Waals surface area contributed by atoms with Crippen LogP contribution in [-0.4, -0.2) is 28.3 Å². The highest BCUT2D eigenvalue weighted by atomic mass is 32.2. The van der Waals surface area contributed by atoms with Crippen molar-refractivity contribution in [2.24, 2.45) is 0 Å². The SMILES string of the molecule is C=C/C=C(\C=C)CN(CCCSO)Cc1ccccc1. The molecule has 0 amide bonds. The van der Waals surface area contributed by atoms with E-state index in [-0.39, 0.29) is 0 Å². The smallest absolute Gasteiger partial charge is 0.0237 e. The number of hydrogen-bond acceptors (Lipinski definition) is 3. The average Bonchev–Trinajstić information content (AvgIpc) is 2.48. The van der Waals surface area contributed by atoms with Crippen molar-refractivity contribution in [2.45, 2.75) is 13.0 Å². The van der Waals surface area contributed by atoms with Gasteiger partial charge in [-0.2, -0.15) is 0 Å². The van der Waals surface area contributed by atoms with E-state index in [1.165, 1.54) is 5.56 Å². The topological polar surface area (TPSA) is 23.5 Å². The van der Waals surface area contributed by atoms with Crippen molar-refractivity contribution < 1.29 is 4.55 Å². The van der Waals surface area contributed by atoms with Crippen LogP contribution < -0.4 is 0 Å². The van der Waals surface area contributed by atoms with Crippen molar-refractivity contribution in [3.05, 3.63) is 72.9 Å². The first-order valence-electron chi connectivity index (χ1n) is 6.76. The van der Waals surface area contributed by atoms with Gasteiger partial charge in [0.25, 0.3) is 0 Å². The zero-order valence-electron chi connectivity index (χ0n) is 11.9. The van der Waals surface area contributed by atoms with E-state index in [9.17, 15) is 0 Å². The molecule has 1 rings (SSSR count). The maximum atomic E-state index is 8.84. The molecule has 2 nitrogen and oxygen atoms in total. The van der Waals surface area contributed by atoms with E-state index < -0.39 is 0 Å².